The highest BCUT2D eigenvalue weighted by Crippen LogP contribution is 2.36. The third-order valence-corrected chi connectivity index (χ3v) is 7.36. The van der Waals surface area contributed by atoms with Crippen molar-refractivity contribution < 1.29 is 18.3 Å². The number of aryl methyl sites for hydroxylation is 1. The summed E-state index contributed by atoms with van der Waals surface area (Å²) in [5.41, 5.74) is 1.61. The Morgan fingerprint density at radius 1 is 1.19 bits per heavy atom. The predicted octanol–water partition coefficient (Wildman–Crippen LogP) is 1.52. The first-order valence-corrected chi connectivity index (χ1v) is 11.8. The second-order valence-electron chi connectivity index (χ2n) is 9.28. The molecule has 36 heavy (non-hydrogen) atoms. The van der Waals surface area contributed by atoms with Gasteiger partial charge in [0.05, 0.1) is 24.7 Å². The molecule has 10 nitrogen and oxygen atoms in total. The number of hydrogen-bond acceptors (Lipinski definition) is 8. The maximum atomic E-state index is 14.7. The number of halogens is 2. The Kier molecular flexibility index (Phi) is 5.66. The van der Waals surface area contributed by atoms with Gasteiger partial charge in [0.1, 0.15) is 29.6 Å². The number of tetrazole rings is 1. The first kappa shape index (κ1) is 22.6. The SMILES string of the molecule is N#Cc1c(F)ccc(C2CN3CCN(C(=O)C4CCc5cc(-n6cnnn6)ncc54)C[C@H]3CO2)c1F. The predicted molar refractivity (Wildman–Crippen MR) is 120 cm³/mol. The molecule has 1 aliphatic carbocycles. The number of fused-ring (bicyclic) bond motifs is 2. The Hall–Kier alpha value is -3.82. The molecule has 1 aromatic carbocycles. The number of nitrogens with zero attached hydrogens (tertiary/aromatic N) is 8. The summed E-state index contributed by atoms with van der Waals surface area (Å²) in [6.45, 7) is 2.42. The van der Waals surface area contributed by atoms with Crippen LogP contribution >= 0.6 is 0 Å². The molecule has 3 aromatic rings. The highest BCUT2D eigenvalue weighted by atomic mass is 19.1. The van der Waals surface area contributed by atoms with Crippen LogP contribution in [-0.2, 0) is 16.0 Å². The second-order valence-corrected chi connectivity index (χ2v) is 9.28. The molecule has 2 aliphatic heterocycles. The molecule has 4 heterocycles. The van der Waals surface area contributed by atoms with E-state index in [1.54, 1.807) is 12.3 Å². The third-order valence-electron chi connectivity index (χ3n) is 7.36. The molecule has 2 unspecified atom stereocenters. The maximum absolute atomic E-state index is 14.7. The number of ether oxygens (including phenoxy) is 1. The largest absolute Gasteiger partial charge is 0.370 e. The summed E-state index contributed by atoms with van der Waals surface area (Å²) in [6.07, 6.45) is 4.14. The molecule has 2 saturated heterocycles. The molecule has 6 rings (SSSR count). The summed E-state index contributed by atoms with van der Waals surface area (Å²) in [4.78, 5) is 22.0. The Morgan fingerprint density at radius 2 is 2.08 bits per heavy atom. The molecule has 0 radical (unpaired) electrons. The molecule has 2 aromatic heterocycles. The number of carbonyl (C=O) groups is 1. The Balaban J connectivity index is 1.12. The van der Waals surface area contributed by atoms with Crippen LogP contribution in [0, 0.1) is 23.0 Å². The highest BCUT2D eigenvalue weighted by Gasteiger charge is 2.39. The van der Waals surface area contributed by atoms with Gasteiger partial charge < -0.3 is 9.64 Å². The zero-order chi connectivity index (χ0) is 24.8. The molecule has 3 atom stereocenters. The van der Waals surface area contributed by atoms with Crippen LogP contribution in [0.15, 0.2) is 30.7 Å². The fourth-order valence-corrected chi connectivity index (χ4v) is 5.44. The average molecular weight is 492 g/mol. The number of benzene rings is 1. The molecule has 0 bridgehead atoms. The quantitative estimate of drug-likeness (QED) is 0.541. The first-order chi connectivity index (χ1) is 17.5. The number of rotatable bonds is 3. The number of morpholine rings is 1. The Labute approximate surface area is 205 Å². The topological polar surface area (TPSA) is 113 Å². The second kappa shape index (κ2) is 9.00. The number of carbonyl (C=O) groups excluding carboxylic acids is 1. The smallest absolute Gasteiger partial charge is 0.230 e. The van der Waals surface area contributed by atoms with Crippen molar-refractivity contribution in [2.24, 2.45) is 0 Å². The third kappa shape index (κ3) is 3.81. The molecule has 3 aliphatic rings. The molecule has 12 heteroatoms. The number of piperazine rings is 1. The van der Waals surface area contributed by atoms with Crippen molar-refractivity contribution in [3.8, 4) is 11.9 Å². The van der Waals surface area contributed by atoms with Crippen LogP contribution in [0.5, 0.6) is 0 Å². The van der Waals surface area contributed by atoms with E-state index in [1.807, 2.05) is 11.0 Å². The standard InChI is InChI=1S/C24H22F2N8O2/c25-20-4-3-17(23(26)18(20)8-27)21-11-32-5-6-33(10-15(32)12-36-21)24(35)16-2-1-14-7-22(28-9-19(14)16)34-13-29-30-31-34/h3-4,7,9,13,15-16,21H,1-2,5-6,10-12H2/t15-,16?,21?/m0/s1. The van der Waals surface area contributed by atoms with Crippen LogP contribution < -0.4 is 0 Å². The van der Waals surface area contributed by atoms with Gasteiger partial charge in [-0.2, -0.15) is 9.94 Å². The minimum atomic E-state index is -0.880. The number of pyridine rings is 1. The van der Waals surface area contributed by atoms with Crippen molar-refractivity contribution in [3.63, 3.8) is 0 Å². The molecular weight excluding hydrogens is 470 g/mol. The fraction of sp³-hybridized carbons (Fsp3) is 0.417. The first-order valence-electron chi connectivity index (χ1n) is 11.8. The van der Waals surface area contributed by atoms with Gasteiger partial charge in [-0.3, -0.25) is 9.69 Å². The number of aromatic nitrogens is 5. The lowest BCUT2D eigenvalue weighted by Crippen LogP contribution is -2.60. The van der Waals surface area contributed by atoms with E-state index in [0.29, 0.717) is 38.6 Å². The molecule has 0 spiro atoms. The molecule has 184 valence electrons. The molecular formula is C24H22F2N8O2. The molecule has 0 N–H and O–H groups in total. The van der Waals surface area contributed by atoms with E-state index in [2.05, 4.69) is 25.4 Å². The summed E-state index contributed by atoms with van der Waals surface area (Å²) in [7, 11) is 0. The van der Waals surface area contributed by atoms with E-state index in [-0.39, 0.29) is 23.4 Å². The van der Waals surface area contributed by atoms with Crippen LogP contribution in [0.3, 0.4) is 0 Å². The maximum Gasteiger partial charge on any atom is 0.230 e. The summed E-state index contributed by atoms with van der Waals surface area (Å²) >= 11 is 0. The van der Waals surface area contributed by atoms with Gasteiger partial charge in [-0.15, -0.1) is 5.10 Å². The van der Waals surface area contributed by atoms with Gasteiger partial charge in [0.15, 0.2) is 5.82 Å². The van der Waals surface area contributed by atoms with Gasteiger partial charge in [-0.25, -0.2) is 13.8 Å². The van der Waals surface area contributed by atoms with Crippen molar-refractivity contribution in [1.82, 2.24) is 35.0 Å². The van der Waals surface area contributed by atoms with E-state index < -0.39 is 23.3 Å². The van der Waals surface area contributed by atoms with Gasteiger partial charge in [-0.1, -0.05) is 6.07 Å². The van der Waals surface area contributed by atoms with E-state index in [0.717, 1.165) is 30.0 Å². The summed E-state index contributed by atoms with van der Waals surface area (Å²) in [6, 6.07) is 5.94. The van der Waals surface area contributed by atoms with E-state index in [4.69, 9.17) is 10.00 Å². The zero-order valence-electron chi connectivity index (χ0n) is 19.2. The van der Waals surface area contributed by atoms with Crippen LogP contribution in [0.4, 0.5) is 8.78 Å². The fourth-order valence-electron chi connectivity index (χ4n) is 5.44. The van der Waals surface area contributed by atoms with Crippen LogP contribution in [0.2, 0.25) is 0 Å². The number of hydrogen-bond donors (Lipinski definition) is 0. The van der Waals surface area contributed by atoms with Gasteiger partial charge in [-0.05, 0) is 46.5 Å². The number of nitriles is 1. The molecule has 0 saturated carbocycles. The summed E-state index contributed by atoms with van der Waals surface area (Å²) in [5, 5.41) is 20.2. The average Bonchev–Trinajstić information content (AvgIpc) is 3.58. The van der Waals surface area contributed by atoms with Crippen molar-refractivity contribution in [1.29, 1.82) is 5.26 Å². The molecule has 1 amide bonds. The zero-order valence-corrected chi connectivity index (χ0v) is 19.2. The minimum Gasteiger partial charge on any atom is -0.370 e. The van der Waals surface area contributed by atoms with Crippen LogP contribution in [0.25, 0.3) is 5.82 Å². The van der Waals surface area contributed by atoms with Gasteiger partial charge in [0.2, 0.25) is 5.91 Å². The molecule has 2 fully saturated rings. The Bertz CT molecular complexity index is 1360. The number of amides is 1. The van der Waals surface area contributed by atoms with Crippen molar-refractivity contribution >= 4 is 5.91 Å². The van der Waals surface area contributed by atoms with Gasteiger partial charge in [0, 0.05) is 37.9 Å². The lowest BCUT2D eigenvalue weighted by Gasteiger charge is -2.46. The van der Waals surface area contributed by atoms with Crippen molar-refractivity contribution in [3.05, 3.63) is 64.6 Å². The normalized spacial score (nSPS) is 23.7. The minimum absolute atomic E-state index is 0.0147. The highest BCUT2D eigenvalue weighted by molar-refractivity contribution is 5.85. The van der Waals surface area contributed by atoms with E-state index in [1.165, 1.54) is 17.1 Å². The van der Waals surface area contributed by atoms with E-state index in [9.17, 15) is 13.6 Å². The Morgan fingerprint density at radius 3 is 2.89 bits per heavy atom. The van der Waals surface area contributed by atoms with Crippen LogP contribution in [-0.4, -0.2) is 79.7 Å². The van der Waals surface area contributed by atoms with Crippen molar-refractivity contribution in [2.45, 2.75) is 30.9 Å². The lowest BCUT2D eigenvalue weighted by atomic mass is 9.98. The van der Waals surface area contributed by atoms with Gasteiger partial charge in [0.25, 0.3) is 0 Å². The monoisotopic (exact) mass is 492 g/mol. The van der Waals surface area contributed by atoms with Gasteiger partial charge >= 0.3 is 0 Å². The van der Waals surface area contributed by atoms with Crippen LogP contribution in [0.1, 0.15) is 40.7 Å². The summed E-state index contributed by atoms with van der Waals surface area (Å²) in [5.74, 6) is -1.29. The summed E-state index contributed by atoms with van der Waals surface area (Å²) < 4.78 is 35.8. The van der Waals surface area contributed by atoms with E-state index >= 15 is 0 Å². The lowest BCUT2D eigenvalue weighted by molar-refractivity contribution is -0.141. The van der Waals surface area contributed by atoms with Crippen molar-refractivity contribution in [2.75, 3.05) is 32.8 Å².